The van der Waals surface area contributed by atoms with E-state index >= 15 is 0 Å². The van der Waals surface area contributed by atoms with Crippen molar-refractivity contribution in [1.82, 2.24) is 20.8 Å². The van der Waals surface area contributed by atoms with E-state index in [2.05, 4.69) is 37.7 Å². The van der Waals surface area contributed by atoms with Crippen LogP contribution in [0.3, 0.4) is 0 Å². The summed E-state index contributed by atoms with van der Waals surface area (Å²) in [4.78, 5) is 11.5. The molecule has 0 atom stereocenters. The number of hydrogen-bond acceptors (Lipinski definition) is 4. The van der Waals surface area contributed by atoms with Crippen molar-refractivity contribution >= 4 is 17.2 Å². The van der Waals surface area contributed by atoms with Gasteiger partial charge in [0.15, 0.2) is 0 Å². The third kappa shape index (κ3) is 3.69. The van der Waals surface area contributed by atoms with Crippen LogP contribution in [0.2, 0.25) is 0 Å². The van der Waals surface area contributed by atoms with E-state index in [4.69, 9.17) is 0 Å². The highest BCUT2D eigenvalue weighted by Gasteiger charge is 2.04. The van der Waals surface area contributed by atoms with Crippen LogP contribution in [0.5, 0.6) is 0 Å². The minimum absolute atomic E-state index is 0.125. The van der Waals surface area contributed by atoms with Crippen LogP contribution in [-0.4, -0.2) is 29.2 Å². The average Bonchev–Trinajstić information content (AvgIpc) is 3.01. The smallest absolute Gasteiger partial charge is 0.269 e. The third-order valence-corrected chi connectivity index (χ3v) is 2.97. The SMILES string of the molecule is O=C(NCCNCc1ccsc1)c1ccn[nH]1. The number of aromatic amines is 1. The standard InChI is InChI=1S/C11H14N4OS/c16-11(10-1-3-14-15-10)13-5-4-12-7-9-2-6-17-8-9/h1-3,6,8,12H,4-5,7H2,(H,13,16)(H,14,15). The number of hydrogen-bond donors (Lipinski definition) is 3. The van der Waals surface area contributed by atoms with E-state index < -0.39 is 0 Å². The molecule has 5 nitrogen and oxygen atoms in total. The molecule has 3 N–H and O–H groups in total. The zero-order chi connectivity index (χ0) is 11.9. The fraction of sp³-hybridized carbons (Fsp3) is 0.273. The third-order valence-electron chi connectivity index (χ3n) is 2.24. The molecule has 0 spiro atoms. The molecule has 2 heterocycles. The lowest BCUT2D eigenvalue weighted by atomic mass is 10.3. The number of aromatic nitrogens is 2. The van der Waals surface area contributed by atoms with Crippen molar-refractivity contribution in [3.8, 4) is 0 Å². The zero-order valence-corrected chi connectivity index (χ0v) is 10.1. The molecule has 2 rings (SSSR count). The van der Waals surface area contributed by atoms with Gasteiger partial charge in [0.1, 0.15) is 5.69 Å². The first kappa shape index (κ1) is 11.8. The number of carbonyl (C=O) groups excluding carboxylic acids is 1. The van der Waals surface area contributed by atoms with Gasteiger partial charge in [-0.15, -0.1) is 0 Å². The van der Waals surface area contributed by atoms with E-state index in [1.165, 1.54) is 5.56 Å². The van der Waals surface area contributed by atoms with Crippen molar-refractivity contribution < 1.29 is 4.79 Å². The van der Waals surface area contributed by atoms with Crippen molar-refractivity contribution in [1.29, 1.82) is 0 Å². The molecular formula is C11H14N4OS. The minimum Gasteiger partial charge on any atom is -0.349 e. The summed E-state index contributed by atoms with van der Waals surface area (Å²) in [6, 6.07) is 3.73. The molecule has 0 aliphatic carbocycles. The predicted molar refractivity (Wildman–Crippen MR) is 66.9 cm³/mol. The van der Waals surface area contributed by atoms with E-state index in [1.54, 1.807) is 23.6 Å². The van der Waals surface area contributed by atoms with Crippen molar-refractivity contribution in [2.75, 3.05) is 13.1 Å². The number of nitrogens with one attached hydrogen (secondary N) is 3. The fourth-order valence-corrected chi connectivity index (χ4v) is 2.04. The second kappa shape index (κ2) is 6.17. The maximum atomic E-state index is 11.5. The van der Waals surface area contributed by atoms with Gasteiger partial charge in [-0.1, -0.05) is 0 Å². The molecule has 0 radical (unpaired) electrons. The van der Waals surface area contributed by atoms with Gasteiger partial charge in [0.05, 0.1) is 0 Å². The molecule has 6 heteroatoms. The second-order valence-electron chi connectivity index (χ2n) is 3.53. The Hall–Kier alpha value is -1.66. The number of thiophene rings is 1. The number of H-pyrrole nitrogens is 1. The molecule has 0 fully saturated rings. The highest BCUT2D eigenvalue weighted by Crippen LogP contribution is 2.04. The van der Waals surface area contributed by atoms with Gasteiger partial charge in [-0.25, -0.2) is 0 Å². The highest BCUT2D eigenvalue weighted by molar-refractivity contribution is 7.07. The van der Waals surface area contributed by atoms with Gasteiger partial charge in [-0.05, 0) is 28.5 Å². The lowest BCUT2D eigenvalue weighted by Gasteiger charge is -2.04. The minimum atomic E-state index is -0.125. The molecule has 0 saturated heterocycles. The molecule has 17 heavy (non-hydrogen) atoms. The monoisotopic (exact) mass is 250 g/mol. The van der Waals surface area contributed by atoms with Gasteiger partial charge in [0.25, 0.3) is 5.91 Å². The molecule has 0 aliphatic heterocycles. The maximum Gasteiger partial charge on any atom is 0.269 e. The van der Waals surface area contributed by atoms with Crippen molar-refractivity contribution in [3.05, 3.63) is 40.3 Å². The molecule has 2 aromatic rings. The Morgan fingerprint density at radius 3 is 3.06 bits per heavy atom. The van der Waals surface area contributed by atoms with Crippen LogP contribution in [0.25, 0.3) is 0 Å². The summed E-state index contributed by atoms with van der Waals surface area (Å²) in [5.74, 6) is -0.125. The van der Waals surface area contributed by atoms with Crippen molar-refractivity contribution in [2.24, 2.45) is 0 Å². The van der Waals surface area contributed by atoms with Gasteiger partial charge in [0, 0.05) is 25.8 Å². The molecule has 0 aliphatic rings. The van der Waals surface area contributed by atoms with Gasteiger partial charge < -0.3 is 10.6 Å². The Morgan fingerprint density at radius 2 is 2.35 bits per heavy atom. The van der Waals surface area contributed by atoms with Gasteiger partial charge in [-0.2, -0.15) is 16.4 Å². The second-order valence-corrected chi connectivity index (χ2v) is 4.31. The first-order chi connectivity index (χ1) is 8.36. The lowest BCUT2D eigenvalue weighted by Crippen LogP contribution is -2.31. The van der Waals surface area contributed by atoms with E-state index in [-0.39, 0.29) is 5.91 Å². The van der Waals surface area contributed by atoms with E-state index in [0.29, 0.717) is 12.2 Å². The van der Waals surface area contributed by atoms with Crippen LogP contribution in [0.15, 0.2) is 29.1 Å². The fourth-order valence-electron chi connectivity index (χ4n) is 1.37. The Labute approximate surface area is 103 Å². The Morgan fingerprint density at radius 1 is 1.41 bits per heavy atom. The zero-order valence-electron chi connectivity index (χ0n) is 9.27. The largest absolute Gasteiger partial charge is 0.349 e. The molecule has 0 aromatic carbocycles. The van der Waals surface area contributed by atoms with Crippen LogP contribution in [-0.2, 0) is 6.54 Å². The van der Waals surface area contributed by atoms with E-state index in [0.717, 1.165) is 13.1 Å². The molecular weight excluding hydrogens is 236 g/mol. The van der Waals surface area contributed by atoms with Crippen molar-refractivity contribution in [3.63, 3.8) is 0 Å². The van der Waals surface area contributed by atoms with Crippen molar-refractivity contribution in [2.45, 2.75) is 6.54 Å². The average molecular weight is 250 g/mol. The summed E-state index contributed by atoms with van der Waals surface area (Å²) in [6.45, 7) is 2.18. The summed E-state index contributed by atoms with van der Waals surface area (Å²) < 4.78 is 0. The normalized spacial score (nSPS) is 10.4. The van der Waals surface area contributed by atoms with Crippen LogP contribution in [0.4, 0.5) is 0 Å². The summed E-state index contributed by atoms with van der Waals surface area (Å²) >= 11 is 1.69. The Bertz CT molecular complexity index is 438. The summed E-state index contributed by atoms with van der Waals surface area (Å²) in [6.07, 6.45) is 1.56. The topological polar surface area (TPSA) is 69.8 Å². The molecule has 0 saturated carbocycles. The van der Waals surface area contributed by atoms with Gasteiger partial charge >= 0.3 is 0 Å². The van der Waals surface area contributed by atoms with E-state index in [1.807, 2.05) is 0 Å². The summed E-state index contributed by atoms with van der Waals surface area (Å²) in [5, 5.41) is 16.5. The number of carbonyl (C=O) groups is 1. The number of amides is 1. The predicted octanol–water partition coefficient (Wildman–Crippen LogP) is 0.991. The lowest BCUT2D eigenvalue weighted by molar-refractivity contribution is 0.0949. The maximum absolute atomic E-state index is 11.5. The first-order valence-electron chi connectivity index (χ1n) is 5.35. The van der Waals surface area contributed by atoms with E-state index in [9.17, 15) is 4.79 Å². The number of rotatable bonds is 6. The van der Waals surface area contributed by atoms with Gasteiger partial charge in [-0.3, -0.25) is 9.89 Å². The van der Waals surface area contributed by atoms with Crippen LogP contribution >= 0.6 is 11.3 Å². The highest BCUT2D eigenvalue weighted by atomic mass is 32.1. The molecule has 1 amide bonds. The summed E-state index contributed by atoms with van der Waals surface area (Å²) in [7, 11) is 0. The summed E-state index contributed by atoms with van der Waals surface area (Å²) in [5.41, 5.74) is 1.76. The Kier molecular flexibility index (Phi) is 4.29. The van der Waals surface area contributed by atoms with Crippen LogP contribution < -0.4 is 10.6 Å². The number of nitrogens with zero attached hydrogens (tertiary/aromatic N) is 1. The van der Waals surface area contributed by atoms with Crippen LogP contribution in [0, 0.1) is 0 Å². The quantitative estimate of drug-likeness (QED) is 0.670. The molecule has 0 unspecified atom stereocenters. The molecule has 90 valence electrons. The molecule has 0 bridgehead atoms. The van der Waals surface area contributed by atoms with Gasteiger partial charge in [0.2, 0.25) is 0 Å². The molecule has 2 aromatic heterocycles. The van der Waals surface area contributed by atoms with Crippen LogP contribution in [0.1, 0.15) is 16.1 Å². The first-order valence-corrected chi connectivity index (χ1v) is 6.30. The Balaban J connectivity index is 1.59.